The summed E-state index contributed by atoms with van der Waals surface area (Å²) in [5.41, 5.74) is 0. The van der Waals surface area contributed by atoms with Crippen LogP contribution in [0, 0.1) is 11.8 Å². The summed E-state index contributed by atoms with van der Waals surface area (Å²) in [4.78, 5) is 14.1. The van der Waals surface area contributed by atoms with Gasteiger partial charge in [0.15, 0.2) is 0 Å². The predicted octanol–water partition coefficient (Wildman–Crippen LogP) is 0.727. The first-order chi connectivity index (χ1) is 7.70. The molecule has 2 unspecified atom stereocenters. The second kappa shape index (κ2) is 6.86. The van der Waals surface area contributed by atoms with E-state index < -0.39 is 0 Å². The van der Waals surface area contributed by atoms with Crippen LogP contribution in [0.25, 0.3) is 0 Å². The molecule has 2 atom stereocenters. The van der Waals surface area contributed by atoms with E-state index in [2.05, 4.69) is 12.2 Å². The van der Waals surface area contributed by atoms with Crippen LogP contribution in [0.1, 0.15) is 20.8 Å². The number of nitrogens with zero attached hydrogens (tertiary/aromatic N) is 1. The predicted molar refractivity (Wildman–Crippen MR) is 64.3 cm³/mol. The molecule has 4 nitrogen and oxygen atoms in total. The molecule has 1 N–H and O–H groups in total. The van der Waals surface area contributed by atoms with Gasteiger partial charge in [-0.2, -0.15) is 0 Å². The van der Waals surface area contributed by atoms with E-state index in [0.717, 1.165) is 19.6 Å². The summed E-state index contributed by atoms with van der Waals surface area (Å²) in [6.07, 6.45) is 0. The average Bonchev–Trinajstić information content (AvgIpc) is 2.70. The molecular weight excluding hydrogens is 204 g/mol. The molecule has 4 heteroatoms. The van der Waals surface area contributed by atoms with Gasteiger partial charge in [0.05, 0.1) is 12.5 Å². The van der Waals surface area contributed by atoms with Crippen LogP contribution in [0.5, 0.6) is 0 Å². The quantitative estimate of drug-likeness (QED) is 0.681. The van der Waals surface area contributed by atoms with E-state index >= 15 is 0 Å². The van der Waals surface area contributed by atoms with Crippen LogP contribution in [0.4, 0.5) is 0 Å². The van der Waals surface area contributed by atoms with Gasteiger partial charge in [-0.1, -0.05) is 6.92 Å². The Kier molecular flexibility index (Phi) is 5.77. The molecule has 0 aromatic heterocycles. The molecule has 1 aliphatic heterocycles. The number of likely N-dealkylation sites (N-methyl/N-ethyl adjacent to an activating group) is 1. The number of ether oxygens (including phenoxy) is 1. The Morgan fingerprint density at radius 2 is 2.19 bits per heavy atom. The van der Waals surface area contributed by atoms with Gasteiger partial charge >= 0.3 is 0 Å². The molecule has 16 heavy (non-hydrogen) atoms. The molecule has 94 valence electrons. The highest BCUT2D eigenvalue weighted by Crippen LogP contribution is 2.18. The van der Waals surface area contributed by atoms with Crippen LogP contribution in [-0.4, -0.2) is 50.2 Å². The van der Waals surface area contributed by atoms with E-state index in [1.165, 1.54) is 0 Å². The van der Waals surface area contributed by atoms with Gasteiger partial charge in [-0.25, -0.2) is 0 Å². The molecule has 0 radical (unpaired) electrons. The van der Waals surface area contributed by atoms with Crippen molar-refractivity contribution in [3.05, 3.63) is 0 Å². The number of nitrogens with one attached hydrogen (secondary N) is 1. The highest BCUT2D eigenvalue weighted by Gasteiger charge is 2.31. The van der Waals surface area contributed by atoms with Crippen molar-refractivity contribution in [1.82, 2.24) is 10.2 Å². The molecule has 0 aromatic rings. The van der Waals surface area contributed by atoms with E-state index in [0.29, 0.717) is 25.7 Å². The van der Waals surface area contributed by atoms with Crippen molar-refractivity contribution in [2.75, 3.05) is 39.4 Å². The smallest absolute Gasteiger partial charge is 0.227 e. The summed E-state index contributed by atoms with van der Waals surface area (Å²) in [5, 5.41) is 3.27. The average molecular weight is 228 g/mol. The first kappa shape index (κ1) is 13.5. The number of rotatable bonds is 6. The van der Waals surface area contributed by atoms with Gasteiger partial charge in [0.2, 0.25) is 5.91 Å². The highest BCUT2D eigenvalue weighted by atomic mass is 16.5. The summed E-state index contributed by atoms with van der Waals surface area (Å²) in [7, 11) is 0. The number of carbonyl (C=O) groups excluding carboxylic acids is 1. The van der Waals surface area contributed by atoms with Gasteiger partial charge in [-0.3, -0.25) is 4.79 Å². The largest absolute Gasteiger partial charge is 0.380 e. The lowest BCUT2D eigenvalue weighted by molar-refractivity contribution is -0.136. The van der Waals surface area contributed by atoms with Crippen molar-refractivity contribution >= 4 is 5.91 Å². The maximum atomic E-state index is 12.2. The van der Waals surface area contributed by atoms with E-state index in [9.17, 15) is 4.79 Å². The number of carbonyl (C=O) groups is 1. The van der Waals surface area contributed by atoms with Crippen molar-refractivity contribution in [2.45, 2.75) is 20.8 Å². The molecule has 1 saturated heterocycles. The van der Waals surface area contributed by atoms with Gasteiger partial charge in [-0.15, -0.1) is 0 Å². The van der Waals surface area contributed by atoms with E-state index in [1.807, 2.05) is 18.7 Å². The molecule has 1 aliphatic rings. The summed E-state index contributed by atoms with van der Waals surface area (Å²) < 4.78 is 5.30. The minimum Gasteiger partial charge on any atom is -0.380 e. The number of amides is 1. The Bertz CT molecular complexity index is 221. The van der Waals surface area contributed by atoms with Crippen LogP contribution in [-0.2, 0) is 9.53 Å². The van der Waals surface area contributed by atoms with Crippen LogP contribution in [0.2, 0.25) is 0 Å². The molecule has 1 fully saturated rings. The van der Waals surface area contributed by atoms with Crippen molar-refractivity contribution in [2.24, 2.45) is 11.8 Å². The van der Waals surface area contributed by atoms with Gasteiger partial charge in [0.1, 0.15) is 0 Å². The third-order valence-corrected chi connectivity index (χ3v) is 3.24. The summed E-state index contributed by atoms with van der Waals surface area (Å²) in [6, 6.07) is 0. The topological polar surface area (TPSA) is 41.6 Å². The second-order valence-electron chi connectivity index (χ2n) is 4.36. The van der Waals surface area contributed by atoms with Gasteiger partial charge in [-0.05, 0) is 26.3 Å². The van der Waals surface area contributed by atoms with E-state index in [1.54, 1.807) is 0 Å². The molecule has 1 rings (SSSR count). The first-order valence-electron chi connectivity index (χ1n) is 6.27. The minimum absolute atomic E-state index is 0.154. The Hall–Kier alpha value is -0.610. The molecule has 0 bridgehead atoms. The molecular formula is C12H24N2O2. The van der Waals surface area contributed by atoms with E-state index in [4.69, 9.17) is 4.74 Å². The summed E-state index contributed by atoms with van der Waals surface area (Å²) in [5.74, 6) is 0.884. The molecule has 0 aromatic carbocycles. The Balaban J connectivity index is 2.42. The zero-order valence-corrected chi connectivity index (χ0v) is 10.7. The Labute approximate surface area is 98.3 Å². The monoisotopic (exact) mass is 228 g/mol. The van der Waals surface area contributed by atoms with Crippen molar-refractivity contribution in [3.8, 4) is 0 Å². The van der Waals surface area contributed by atoms with Crippen LogP contribution in [0.3, 0.4) is 0 Å². The van der Waals surface area contributed by atoms with E-state index in [-0.39, 0.29) is 11.8 Å². The fourth-order valence-electron chi connectivity index (χ4n) is 2.12. The molecule has 1 amide bonds. The third kappa shape index (κ3) is 3.46. The highest BCUT2D eigenvalue weighted by molar-refractivity contribution is 5.79. The molecule has 1 heterocycles. The lowest BCUT2D eigenvalue weighted by atomic mass is 9.96. The number of hydrogen-bond acceptors (Lipinski definition) is 3. The maximum Gasteiger partial charge on any atom is 0.227 e. The Morgan fingerprint density at radius 3 is 2.69 bits per heavy atom. The zero-order valence-electron chi connectivity index (χ0n) is 10.7. The van der Waals surface area contributed by atoms with Gasteiger partial charge in [0, 0.05) is 26.2 Å². The zero-order chi connectivity index (χ0) is 12.0. The Morgan fingerprint density at radius 1 is 1.44 bits per heavy atom. The molecule has 0 spiro atoms. The van der Waals surface area contributed by atoms with Crippen LogP contribution < -0.4 is 5.32 Å². The van der Waals surface area contributed by atoms with Gasteiger partial charge < -0.3 is 15.0 Å². The first-order valence-corrected chi connectivity index (χ1v) is 6.27. The third-order valence-electron chi connectivity index (χ3n) is 3.24. The summed E-state index contributed by atoms with van der Waals surface area (Å²) in [6.45, 7) is 10.8. The second-order valence-corrected chi connectivity index (χ2v) is 4.36. The number of hydrogen-bond donors (Lipinski definition) is 1. The standard InChI is InChI=1S/C12H24N2O2/c1-4-14(6-7-16-5-2)12(15)11-9-13-8-10(11)3/h10-11,13H,4-9H2,1-3H3. The lowest BCUT2D eigenvalue weighted by Gasteiger charge is -2.25. The normalized spacial score (nSPS) is 24.7. The summed E-state index contributed by atoms with van der Waals surface area (Å²) >= 11 is 0. The fraction of sp³-hybridized carbons (Fsp3) is 0.917. The fourth-order valence-corrected chi connectivity index (χ4v) is 2.12. The van der Waals surface area contributed by atoms with Crippen molar-refractivity contribution in [3.63, 3.8) is 0 Å². The van der Waals surface area contributed by atoms with Crippen molar-refractivity contribution < 1.29 is 9.53 Å². The molecule has 0 saturated carbocycles. The maximum absolute atomic E-state index is 12.2. The SMILES string of the molecule is CCOCCN(CC)C(=O)C1CNCC1C. The van der Waals surface area contributed by atoms with Crippen molar-refractivity contribution in [1.29, 1.82) is 0 Å². The minimum atomic E-state index is 0.154. The van der Waals surface area contributed by atoms with Gasteiger partial charge in [0.25, 0.3) is 0 Å². The van der Waals surface area contributed by atoms with Crippen LogP contribution >= 0.6 is 0 Å². The van der Waals surface area contributed by atoms with Crippen LogP contribution in [0.15, 0.2) is 0 Å². The molecule has 0 aliphatic carbocycles. The lowest BCUT2D eigenvalue weighted by Crippen LogP contribution is -2.40.